The third-order valence-electron chi connectivity index (χ3n) is 27.8. The summed E-state index contributed by atoms with van der Waals surface area (Å²) in [5.41, 5.74) is 35.7. The van der Waals surface area contributed by atoms with Gasteiger partial charge in [-0.15, -0.1) is 0 Å². The molecule has 0 aliphatic rings. The van der Waals surface area contributed by atoms with E-state index in [2.05, 4.69) is 541 Å². The van der Waals surface area contributed by atoms with E-state index in [1.165, 1.54) is 148 Å². The molecular formula is C132H86N4O2. The lowest BCUT2D eigenvalue weighted by molar-refractivity contribution is 0.669. The number of hydrogen-bond donors (Lipinski definition) is 0. The fourth-order valence-electron chi connectivity index (χ4n) is 21.0. The van der Waals surface area contributed by atoms with E-state index in [1.807, 2.05) is 0 Å². The molecule has 138 heavy (non-hydrogen) atoms. The maximum atomic E-state index is 6.83. The Morgan fingerprint density at radius 3 is 0.812 bits per heavy atom. The summed E-state index contributed by atoms with van der Waals surface area (Å²) in [4.78, 5) is 4.65. The Morgan fingerprint density at radius 1 is 0.152 bits per heavy atom. The maximum Gasteiger partial charge on any atom is 0.159 e. The number of rotatable bonds is 16. The van der Waals surface area contributed by atoms with Crippen molar-refractivity contribution in [1.82, 2.24) is 9.13 Å². The molecule has 23 aromatic carbocycles. The number of aromatic nitrogens is 2. The first-order valence-corrected chi connectivity index (χ1v) is 47.2. The lowest BCUT2D eigenvalue weighted by Crippen LogP contribution is -2.10. The van der Waals surface area contributed by atoms with Gasteiger partial charge in [0.2, 0.25) is 0 Å². The molecule has 0 unspecified atom stereocenters. The average molecular weight is 1760 g/mol. The monoisotopic (exact) mass is 1760 g/mol. The van der Waals surface area contributed by atoms with Gasteiger partial charge in [-0.1, -0.05) is 388 Å². The van der Waals surface area contributed by atoms with E-state index in [9.17, 15) is 0 Å². The zero-order valence-electron chi connectivity index (χ0n) is 75.3. The van der Waals surface area contributed by atoms with Crippen molar-refractivity contribution in [2.75, 3.05) is 9.80 Å². The first-order chi connectivity index (χ1) is 68.4. The Kier molecular flexibility index (Phi) is 19.9. The van der Waals surface area contributed by atoms with E-state index in [0.717, 1.165) is 106 Å². The van der Waals surface area contributed by atoms with Crippen LogP contribution in [0.1, 0.15) is 0 Å². The third-order valence-corrected chi connectivity index (χ3v) is 27.8. The molecule has 0 aliphatic heterocycles. The highest BCUT2D eigenvalue weighted by Crippen LogP contribution is 2.49. The molecule has 646 valence electrons. The molecule has 0 aliphatic carbocycles. The van der Waals surface area contributed by atoms with Crippen molar-refractivity contribution in [2.45, 2.75) is 0 Å². The molecule has 0 fully saturated rings. The topological polar surface area (TPSA) is 42.6 Å². The van der Waals surface area contributed by atoms with Gasteiger partial charge in [0.15, 0.2) is 11.2 Å². The number of para-hydroxylation sites is 6. The van der Waals surface area contributed by atoms with Crippen LogP contribution >= 0.6 is 0 Å². The lowest BCUT2D eigenvalue weighted by atomic mass is 9.97. The minimum absolute atomic E-state index is 0.857. The first-order valence-electron chi connectivity index (χ1n) is 47.2. The van der Waals surface area contributed by atoms with Crippen LogP contribution < -0.4 is 9.80 Å². The van der Waals surface area contributed by atoms with Crippen molar-refractivity contribution in [3.63, 3.8) is 0 Å². The molecule has 0 atom stereocenters. The van der Waals surface area contributed by atoms with E-state index >= 15 is 0 Å². The van der Waals surface area contributed by atoms with Crippen LogP contribution in [-0.4, -0.2) is 9.13 Å². The molecule has 0 amide bonds. The van der Waals surface area contributed by atoms with Crippen LogP contribution in [0.3, 0.4) is 0 Å². The van der Waals surface area contributed by atoms with E-state index in [4.69, 9.17) is 8.83 Å². The molecule has 27 rings (SSSR count). The van der Waals surface area contributed by atoms with Crippen LogP contribution in [0.5, 0.6) is 0 Å². The van der Waals surface area contributed by atoms with E-state index in [1.54, 1.807) is 0 Å². The standard InChI is InChI=1S/C70H46N2O.C62H40N2O/c1-3-12-47(13-4-1)48-22-24-51(25-23-48)53-34-40-59(41-35-53)71(67-21-11-19-63-69-61-17-8-7-14-56(61)39-45-68(69)73-70(63)67)60-42-36-54(37-43-60)52-28-26-49(27-29-52)50-30-32-55(33-31-50)57-38-44-66-64(46-57)62-18-9-10-20-65(62)72(66)58-15-5-2-6-16-58;1-2-12-48-40-49(25-24-41(48)10-1)46-30-35-51(36-31-46)63(59-19-9-16-56-61-53-13-4-3-11-47(53)32-39-60(61)65-62(56)59)50-33-26-44(27-34-50)42-20-22-43(23-21-42)45-28-37-52(38-29-45)64-57-17-7-5-14-54(57)55-15-6-8-18-58(55)64/h1-46H;1-40H. The number of benzene rings is 23. The van der Waals surface area contributed by atoms with Crippen molar-refractivity contribution in [3.05, 3.63) is 522 Å². The van der Waals surface area contributed by atoms with Gasteiger partial charge in [0.05, 0.1) is 33.4 Å². The van der Waals surface area contributed by atoms with Crippen LogP contribution in [0.2, 0.25) is 0 Å². The van der Waals surface area contributed by atoms with Gasteiger partial charge in [0.1, 0.15) is 11.2 Å². The molecule has 6 nitrogen and oxygen atoms in total. The highest BCUT2D eigenvalue weighted by Gasteiger charge is 2.25. The van der Waals surface area contributed by atoms with Crippen molar-refractivity contribution >= 4 is 154 Å². The largest absolute Gasteiger partial charge is 0.454 e. The molecule has 27 aromatic rings. The second-order valence-electron chi connectivity index (χ2n) is 35.8. The predicted molar refractivity (Wildman–Crippen MR) is 581 cm³/mol. The Bertz CT molecular complexity index is 9250. The molecule has 0 saturated heterocycles. The SMILES string of the molecule is c1ccc(-c2ccc(-c3ccc(N(c4ccc(-c5ccc(-c6ccc(-c7ccc8c(c7)c7ccccc7n8-c7ccccc7)cc6)cc5)cc4)c4cccc5c4oc4ccc6ccccc6c45)cc3)cc2)cc1.c1ccc2cc(-c3ccc(N(c4ccc(-c5ccc(-c6ccc(-n7c8ccccc8c8ccccc87)cc6)cc5)cc4)c4cccc5c4oc4ccc6ccccc6c45)cc3)ccc2c1. The minimum atomic E-state index is 0.857. The Balaban J connectivity index is 0.000000144. The van der Waals surface area contributed by atoms with E-state index in [0.29, 0.717) is 0 Å². The lowest BCUT2D eigenvalue weighted by Gasteiger charge is -2.26. The van der Waals surface area contributed by atoms with Gasteiger partial charge in [0, 0.05) is 77.2 Å². The fourth-order valence-corrected chi connectivity index (χ4v) is 21.0. The summed E-state index contributed by atoms with van der Waals surface area (Å²) in [6, 6.07) is 188. The highest BCUT2D eigenvalue weighted by atomic mass is 16.3. The number of nitrogens with zero attached hydrogens (tertiary/aromatic N) is 4. The van der Waals surface area contributed by atoms with Gasteiger partial charge in [-0.05, 0) is 255 Å². The Morgan fingerprint density at radius 2 is 0.413 bits per heavy atom. The molecule has 0 N–H and O–H groups in total. The van der Waals surface area contributed by atoms with Crippen LogP contribution in [0.4, 0.5) is 34.1 Å². The summed E-state index contributed by atoms with van der Waals surface area (Å²) >= 11 is 0. The normalized spacial score (nSPS) is 11.6. The summed E-state index contributed by atoms with van der Waals surface area (Å²) in [7, 11) is 0. The number of anilines is 6. The molecule has 0 bridgehead atoms. The summed E-state index contributed by atoms with van der Waals surface area (Å²) in [5, 5.41) is 16.8. The van der Waals surface area contributed by atoms with Crippen LogP contribution in [0, 0.1) is 0 Å². The molecular weight excluding hydrogens is 1670 g/mol. The molecule has 0 spiro atoms. The van der Waals surface area contributed by atoms with Crippen LogP contribution in [0.25, 0.3) is 220 Å². The Labute approximate surface area is 798 Å². The van der Waals surface area contributed by atoms with Gasteiger partial charge in [-0.2, -0.15) is 0 Å². The second kappa shape index (κ2) is 34.0. The van der Waals surface area contributed by atoms with Gasteiger partial charge in [-0.25, -0.2) is 0 Å². The first kappa shape index (κ1) is 80.5. The smallest absolute Gasteiger partial charge is 0.159 e. The van der Waals surface area contributed by atoms with Gasteiger partial charge in [0.25, 0.3) is 0 Å². The third kappa shape index (κ3) is 14.4. The molecule has 4 aromatic heterocycles. The van der Waals surface area contributed by atoms with Crippen LogP contribution in [-0.2, 0) is 0 Å². The van der Waals surface area contributed by atoms with Crippen molar-refractivity contribution < 1.29 is 8.83 Å². The van der Waals surface area contributed by atoms with Gasteiger partial charge >= 0.3 is 0 Å². The van der Waals surface area contributed by atoms with E-state index < -0.39 is 0 Å². The number of fused-ring (bicyclic) bond motifs is 17. The zero-order valence-corrected chi connectivity index (χ0v) is 75.3. The quantitative estimate of drug-likeness (QED) is 0.0967. The van der Waals surface area contributed by atoms with E-state index in [-0.39, 0.29) is 0 Å². The molecule has 0 radical (unpaired) electrons. The molecule has 6 heteroatoms. The Hall–Kier alpha value is -18.4. The van der Waals surface area contributed by atoms with Crippen molar-refractivity contribution in [1.29, 1.82) is 0 Å². The zero-order chi connectivity index (χ0) is 91.1. The minimum Gasteiger partial charge on any atom is -0.454 e. The number of furan rings is 2. The van der Waals surface area contributed by atoms with Gasteiger partial charge < -0.3 is 27.8 Å². The number of hydrogen-bond acceptors (Lipinski definition) is 4. The maximum absolute atomic E-state index is 6.83. The van der Waals surface area contributed by atoms with Gasteiger partial charge in [-0.3, -0.25) is 0 Å². The van der Waals surface area contributed by atoms with Crippen molar-refractivity contribution in [3.8, 4) is 100 Å². The predicted octanol–water partition coefficient (Wildman–Crippen LogP) is 37.1. The highest BCUT2D eigenvalue weighted by molar-refractivity contribution is 6.23. The second-order valence-corrected chi connectivity index (χ2v) is 35.8. The molecule has 4 heterocycles. The van der Waals surface area contributed by atoms with Crippen molar-refractivity contribution in [2.24, 2.45) is 0 Å². The fraction of sp³-hybridized carbons (Fsp3) is 0. The summed E-state index contributed by atoms with van der Waals surface area (Å²) in [6.45, 7) is 0. The summed E-state index contributed by atoms with van der Waals surface area (Å²) < 4.78 is 18.4. The summed E-state index contributed by atoms with van der Waals surface area (Å²) in [5.74, 6) is 0. The summed E-state index contributed by atoms with van der Waals surface area (Å²) in [6.07, 6.45) is 0. The van der Waals surface area contributed by atoms with Crippen LogP contribution in [0.15, 0.2) is 531 Å². The average Bonchev–Trinajstić information content (AvgIpc) is 1.57. The molecule has 0 saturated carbocycles.